The van der Waals surface area contributed by atoms with E-state index in [1.807, 2.05) is 0 Å². The van der Waals surface area contributed by atoms with Gasteiger partial charge in [-0.15, -0.1) is 0 Å². The zero-order valence-electron chi connectivity index (χ0n) is 11.3. The molecule has 0 saturated heterocycles. The zero-order valence-corrected chi connectivity index (χ0v) is 11.3. The van der Waals surface area contributed by atoms with Crippen LogP contribution in [0.5, 0.6) is 0 Å². The molecule has 0 amide bonds. The van der Waals surface area contributed by atoms with E-state index in [-0.39, 0.29) is 0 Å². The molecule has 0 aliphatic heterocycles. The summed E-state index contributed by atoms with van der Waals surface area (Å²) in [5.41, 5.74) is 5.20. The first-order valence-electron chi connectivity index (χ1n) is 6.91. The molecule has 0 aromatic carbocycles. The van der Waals surface area contributed by atoms with E-state index >= 15 is 0 Å². The van der Waals surface area contributed by atoms with Crippen molar-refractivity contribution in [3.05, 3.63) is 42.0 Å². The first kappa shape index (κ1) is 11.1. The second-order valence-electron chi connectivity index (χ2n) is 6.37. The molecule has 19 heavy (non-hydrogen) atoms. The fourth-order valence-electron chi connectivity index (χ4n) is 3.73. The van der Waals surface area contributed by atoms with Crippen molar-refractivity contribution < 1.29 is 0 Å². The van der Waals surface area contributed by atoms with Gasteiger partial charge in [-0.3, -0.25) is 15.0 Å². The van der Waals surface area contributed by atoms with E-state index in [2.05, 4.69) is 41.1 Å². The predicted octanol–water partition coefficient (Wildman–Crippen LogP) is 3.22. The molecule has 96 valence electrons. The van der Waals surface area contributed by atoms with E-state index in [1.54, 1.807) is 18.6 Å². The van der Waals surface area contributed by atoms with Crippen molar-refractivity contribution in [3.63, 3.8) is 0 Å². The highest BCUT2D eigenvalue weighted by atomic mass is 14.8. The summed E-state index contributed by atoms with van der Waals surface area (Å²) >= 11 is 0. The molecule has 2 aromatic heterocycles. The third-order valence-electron chi connectivity index (χ3n) is 5.16. The number of hydrogen-bond donors (Lipinski definition) is 0. The second-order valence-corrected chi connectivity index (χ2v) is 6.37. The minimum atomic E-state index is 0.461. The van der Waals surface area contributed by atoms with Crippen LogP contribution in [0.15, 0.2) is 30.9 Å². The van der Waals surface area contributed by atoms with Crippen molar-refractivity contribution >= 4 is 0 Å². The Kier molecular flexibility index (Phi) is 2.12. The molecule has 2 bridgehead atoms. The third kappa shape index (κ3) is 1.47. The monoisotopic (exact) mass is 251 g/mol. The van der Waals surface area contributed by atoms with Crippen LogP contribution in [-0.2, 0) is 6.42 Å². The van der Waals surface area contributed by atoms with Gasteiger partial charge in [-0.25, -0.2) is 0 Å². The van der Waals surface area contributed by atoms with Crippen LogP contribution in [0.2, 0.25) is 0 Å². The maximum atomic E-state index is 4.60. The average Bonchev–Trinajstić information content (AvgIpc) is 2.46. The van der Waals surface area contributed by atoms with Crippen LogP contribution in [0.1, 0.15) is 37.3 Å². The normalized spacial score (nSPS) is 26.4. The Balaban J connectivity index is 1.78. The molecule has 0 unspecified atom stereocenters. The molecular formula is C16H17N3. The van der Waals surface area contributed by atoms with Crippen LogP contribution in [0.3, 0.4) is 0 Å². The van der Waals surface area contributed by atoms with Gasteiger partial charge in [0.2, 0.25) is 0 Å². The Morgan fingerprint density at radius 3 is 2.74 bits per heavy atom. The first-order chi connectivity index (χ1) is 9.16. The lowest BCUT2D eigenvalue weighted by Crippen LogP contribution is -2.48. The highest BCUT2D eigenvalue weighted by Crippen LogP contribution is 2.62. The Morgan fingerprint density at radius 2 is 2.00 bits per heavy atom. The molecule has 0 radical (unpaired) electrons. The van der Waals surface area contributed by atoms with Crippen LogP contribution in [-0.4, -0.2) is 15.0 Å². The molecule has 5 rings (SSSR count). The van der Waals surface area contributed by atoms with Crippen LogP contribution in [0, 0.1) is 11.3 Å². The van der Waals surface area contributed by atoms with E-state index in [0.717, 1.165) is 17.3 Å². The van der Waals surface area contributed by atoms with Crippen molar-refractivity contribution in [1.29, 1.82) is 0 Å². The maximum Gasteiger partial charge on any atom is 0.107 e. The fourth-order valence-corrected chi connectivity index (χ4v) is 3.73. The van der Waals surface area contributed by atoms with Gasteiger partial charge in [0.05, 0.1) is 11.9 Å². The summed E-state index contributed by atoms with van der Waals surface area (Å²) in [6, 6.07) is 2.22. The van der Waals surface area contributed by atoms with Crippen LogP contribution in [0.4, 0.5) is 0 Å². The molecule has 2 heterocycles. The summed E-state index contributed by atoms with van der Waals surface area (Å²) in [5.74, 6) is 1.53. The first-order valence-corrected chi connectivity index (χ1v) is 6.91. The third-order valence-corrected chi connectivity index (χ3v) is 5.16. The summed E-state index contributed by atoms with van der Waals surface area (Å²) in [6.07, 6.45) is 9.79. The summed E-state index contributed by atoms with van der Waals surface area (Å²) in [4.78, 5) is 13.0. The number of nitrogens with zero attached hydrogens (tertiary/aromatic N) is 3. The molecule has 0 N–H and O–H groups in total. The van der Waals surface area contributed by atoms with Gasteiger partial charge >= 0.3 is 0 Å². The highest BCUT2D eigenvalue weighted by Gasteiger charge is 2.52. The van der Waals surface area contributed by atoms with Crippen molar-refractivity contribution in [3.8, 4) is 11.4 Å². The van der Waals surface area contributed by atoms with Gasteiger partial charge in [-0.2, -0.15) is 0 Å². The molecule has 3 nitrogen and oxygen atoms in total. The van der Waals surface area contributed by atoms with Crippen molar-refractivity contribution in [1.82, 2.24) is 15.0 Å². The highest BCUT2D eigenvalue weighted by molar-refractivity contribution is 5.56. The van der Waals surface area contributed by atoms with E-state index in [1.165, 1.54) is 24.0 Å². The molecule has 1 fully saturated rings. The van der Waals surface area contributed by atoms with Crippen molar-refractivity contribution in [2.75, 3.05) is 0 Å². The summed E-state index contributed by atoms with van der Waals surface area (Å²) in [5, 5.41) is 0. The topological polar surface area (TPSA) is 38.7 Å². The summed E-state index contributed by atoms with van der Waals surface area (Å²) < 4.78 is 0. The van der Waals surface area contributed by atoms with Crippen LogP contribution >= 0.6 is 0 Å². The van der Waals surface area contributed by atoms with Gasteiger partial charge in [0, 0.05) is 18.6 Å². The van der Waals surface area contributed by atoms with Gasteiger partial charge in [0.1, 0.15) is 5.69 Å². The summed E-state index contributed by atoms with van der Waals surface area (Å²) in [6.45, 7) is 4.79. The number of hydrogen-bond acceptors (Lipinski definition) is 3. The van der Waals surface area contributed by atoms with Gasteiger partial charge < -0.3 is 0 Å². The van der Waals surface area contributed by atoms with Crippen molar-refractivity contribution in [2.45, 2.75) is 32.6 Å². The minimum Gasteiger partial charge on any atom is -0.261 e. The molecule has 2 aromatic rings. The molecule has 2 atom stereocenters. The Hall–Kier alpha value is -1.77. The molecular weight excluding hydrogens is 234 g/mol. The SMILES string of the molecule is CC1(C)[C@@H]2Cc3cc(-c4cnccn4)ncc3[C@H]1C2. The minimum absolute atomic E-state index is 0.461. The molecule has 1 saturated carbocycles. The lowest BCUT2D eigenvalue weighted by Gasteiger charge is -2.57. The lowest BCUT2D eigenvalue weighted by molar-refractivity contribution is 0.0183. The van der Waals surface area contributed by atoms with E-state index in [9.17, 15) is 0 Å². The lowest BCUT2D eigenvalue weighted by atomic mass is 9.48. The number of pyridine rings is 1. The largest absolute Gasteiger partial charge is 0.261 e. The van der Waals surface area contributed by atoms with Crippen molar-refractivity contribution in [2.24, 2.45) is 11.3 Å². The van der Waals surface area contributed by atoms with Gasteiger partial charge in [0.15, 0.2) is 0 Å². The predicted molar refractivity (Wildman–Crippen MR) is 73.6 cm³/mol. The molecule has 3 aliphatic carbocycles. The average molecular weight is 251 g/mol. The molecule has 0 spiro atoms. The Bertz CT molecular complexity index is 634. The van der Waals surface area contributed by atoms with Gasteiger partial charge in [-0.05, 0) is 47.3 Å². The maximum absolute atomic E-state index is 4.60. The van der Waals surface area contributed by atoms with E-state index in [0.29, 0.717) is 11.3 Å². The number of rotatable bonds is 1. The quantitative estimate of drug-likeness (QED) is 0.781. The Morgan fingerprint density at radius 1 is 1.11 bits per heavy atom. The molecule has 3 heteroatoms. The zero-order chi connectivity index (χ0) is 13.0. The van der Waals surface area contributed by atoms with E-state index < -0.39 is 0 Å². The molecule has 3 aliphatic rings. The van der Waals surface area contributed by atoms with Crippen LogP contribution < -0.4 is 0 Å². The van der Waals surface area contributed by atoms with Crippen LogP contribution in [0.25, 0.3) is 11.4 Å². The fraction of sp³-hybridized carbons (Fsp3) is 0.438. The second kappa shape index (κ2) is 3.62. The van der Waals surface area contributed by atoms with Gasteiger partial charge in [-0.1, -0.05) is 13.8 Å². The number of aromatic nitrogens is 3. The van der Waals surface area contributed by atoms with E-state index in [4.69, 9.17) is 0 Å². The summed E-state index contributed by atoms with van der Waals surface area (Å²) in [7, 11) is 0. The van der Waals surface area contributed by atoms with Gasteiger partial charge in [0.25, 0.3) is 0 Å². The Labute approximate surface area is 113 Å². The smallest absolute Gasteiger partial charge is 0.107 e. The standard InChI is InChI=1S/C16H17N3/c1-16(2)11-5-10-6-14(15-9-17-3-4-18-15)19-8-12(10)13(16)7-11/h3-4,6,8-9,11,13H,5,7H2,1-2H3/t11-,13-/m1/s1.